The van der Waals surface area contributed by atoms with E-state index in [1.807, 2.05) is 5.32 Å². The number of urea groups is 1. The van der Waals surface area contributed by atoms with Crippen molar-refractivity contribution in [3.8, 4) is 0 Å². The van der Waals surface area contributed by atoms with Gasteiger partial charge in [-0.2, -0.15) is 13.2 Å². The van der Waals surface area contributed by atoms with Crippen LogP contribution in [0.3, 0.4) is 0 Å². The van der Waals surface area contributed by atoms with Gasteiger partial charge in [-0.15, -0.1) is 0 Å². The van der Waals surface area contributed by atoms with E-state index >= 15 is 0 Å². The Bertz CT molecular complexity index is 1280. The first-order valence-corrected chi connectivity index (χ1v) is 10.1. The van der Waals surface area contributed by atoms with Crippen molar-refractivity contribution in [2.45, 2.75) is 12.3 Å². The van der Waals surface area contributed by atoms with Crippen molar-refractivity contribution in [3.63, 3.8) is 0 Å². The summed E-state index contributed by atoms with van der Waals surface area (Å²) in [6, 6.07) is 17.0. The number of halogens is 4. The largest absolute Gasteiger partial charge is 0.418 e. The van der Waals surface area contributed by atoms with Crippen molar-refractivity contribution in [2.75, 3.05) is 17.3 Å². The zero-order chi connectivity index (χ0) is 24.5. The molecule has 0 bridgehead atoms. The van der Waals surface area contributed by atoms with Gasteiger partial charge in [0.1, 0.15) is 5.82 Å². The van der Waals surface area contributed by atoms with Crippen LogP contribution in [-0.4, -0.2) is 30.9 Å². The fraction of sp³-hybridized carbons (Fsp3) is 0.125. The number of benzene rings is 3. The molecule has 0 saturated carbocycles. The first-order chi connectivity index (χ1) is 16.2. The average Bonchev–Trinajstić information content (AvgIpc) is 2.91. The third-order valence-electron chi connectivity index (χ3n) is 5.22. The lowest BCUT2D eigenvalue weighted by Gasteiger charge is -2.21. The summed E-state index contributed by atoms with van der Waals surface area (Å²) in [5.74, 6) is -1.90. The summed E-state index contributed by atoms with van der Waals surface area (Å²) in [5, 5.41) is 4.14. The lowest BCUT2D eigenvalue weighted by molar-refractivity contribution is -0.137. The molecule has 1 aliphatic rings. The van der Waals surface area contributed by atoms with Crippen LogP contribution in [0.15, 0.2) is 77.8 Å². The van der Waals surface area contributed by atoms with Gasteiger partial charge in [-0.3, -0.25) is 4.79 Å². The Labute approximate surface area is 191 Å². The highest BCUT2D eigenvalue weighted by Crippen LogP contribution is 2.36. The van der Waals surface area contributed by atoms with Gasteiger partial charge < -0.3 is 15.5 Å². The highest BCUT2D eigenvalue weighted by atomic mass is 19.4. The minimum absolute atomic E-state index is 0.404. The van der Waals surface area contributed by atoms with Gasteiger partial charge in [0.15, 0.2) is 0 Å². The number of alkyl halides is 3. The van der Waals surface area contributed by atoms with Crippen molar-refractivity contribution in [1.29, 1.82) is 0 Å². The number of carbonyl (C=O) groups excluding carboxylic acids is 2. The molecule has 0 aromatic heterocycles. The number of anilines is 2. The maximum absolute atomic E-state index is 14.1. The van der Waals surface area contributed by atoms with Crippen LogP contribution in [0.25, 0.3) is 0 Å². The number of rotatable bonds is 3. The van der Waals surface area contributed by atoms with E-state index in [9.17, 15) is 27.2 Å². The Hall–Kier alpha value is -4.21. The van der Waals surface area contributed by atoms with Gasteiger partial charge in [0.25, 0.3) is 5.91 Å². The predicted octanol–water partition coefficient (Wildman–Crippen LogP) is 4.81. The van der Waals surface area contributed by atoms with E-state index in [2.05, 4.69) is 10.3 Å². The van der Waals surface area contributed by atoms with E-state index < -0.39 is 41.3 Å². The number of fused-ring (bicyclic) bond motifs is 1. The molecule has 3 aromatic rings. The predicted molar refractivity (Wildman–Crippen MR) is 119 cm³/mol. The second-order valence-corrected chi connectivity index (χ2v) is 7.42. The molecule has 0 spiro atoms. The van der Waals surface area contributed by atoms with Crippen molar-refractivity contribution in [3.05, 3.63) is 95.3 Å². The molecule has 1 atom stereocenters. The van der Waals surface area contributed by atoms with Gasteiger partial charge in [0, 0.05) is 18.2 Å². The first kappa shape index (κ1) is 23.0. The molecule has 0 unspecified atom stereocenters. The van der Waals surface area contributed by atoms with Crippen LogP contribution in [0.4, 0.5) is 33.7 Å². The maximum atomic E-state index is 14.1. The third kappa shape index (κ3) is 4.47. The third-order valence-corrected chi connectivity index (χ3v) is 5.22. The number of para-hydroxylation sites is 2. The summed E-state index contributed by atoms with van der Waals surface area (Å²) in [5.41, 5.74) is -0.166. The topological polar surface area (TPSA) is 73.8 Å². The Balaban J connectivity index is 1.70. The number of carbonyl (C=O) groups is 2. The number of nitrogens with zero attached hydrogens (tertiary/aromatic N) is 2. The lowest BCUT2D eigenvalue weighted by atomic mass is 10.0. The molecule has 0 aliphatic carbocycles. The number of benzodiazepines with no additional fused rings is 1. The fourth-order valence-corrected chi connectivity index (χ4v) is 3.60. The SMILES string of the molecule is CN1C(=O)[C@H](NC(=O)Nc2c(F)cccc2C(F)(F)F)N=C(c2ccccc2)c2ccccc21. The number of amides is 3. The van der Waals surface area contributed by atoms with Gasteiger partial charge in [-0.25, -0.2) is 14.2 Å². The maximum Gasteiger partial charge on any atom is 0.418 e. The highest BCUT2D eigenvalue weighted by Gasteiger charge is 2.36. The van der Waals surface area contributed by atoms with Crippen molar-refractivity contribution >= 4 is 29.0 Å². The Morgan fingerprint density at radius 2 is 1.65 bits per heavy atom. The van der Waals surface area contributed by atoms with Crippen molar-refractivity contribution < 1.29 is 27.2 Å². The quantitative estimate of drug-likeness (QED) is 0.540. The number of likely N-dealkylation sites (N-methyl/N-ethyl adjacent to an activating group) is 1. The van der Waals surface area contributed by atoms with E-state index in [1.54, 1.807) is 54.6 Å². The van der Waals surface area contributed by atoms with E-state index in [-0.39, 0.29) is 0 Å². The van der Waals surface area contributed by atoms with Crippen LogP contribution in [0.2, 0.25) is 0 Å². The van der Waals surface area contributed by atoms with Crippen LogP contribution in [0.1, 0.15) is 16.7 Å². The van der Waals surface area contributed by atoms with Crippen molar-refractivity contribution in [2.24, 2.45) is 4.99 Å². The summed E-state index contributed by atoms with van der Waals surface area (Å²) >= 11 is 0. The number of aliphatic imine (C=N–C) groups is 1. The van der Waals surface area contributed by atoms with Gasteiger partial charge >= 0.3 is 12.2 Å². The summed E-state index contributed by atoms with van der Waals surface area (Å²) in [6.07, 6.45) is -6.38. The molecule has 0 radical (unpaired) electrons. The monoisotopic (exact) mass is 470 g/mol. The number of nitrogens with one attached hydrogen (secondary N) is 2. The summed E-state index contributed by atoms with van der Waals surface area (Å²) in [7, 11) is 1.50. The Morgan fingerprint density at radius 1 is 0.971 bits per heavy atom. The number of hydrogen-bond donors (Lipinski definition) is 2. The fourth-order valence-electron chi connectivity index (χ4n) is 3.60. The molecule has 1 heterocycles. The molecule has 0 fully saturated rings. The van der Waals surface area contributed by atoms with Crippen LogP contribution in [-0.2, 0) is 11.0 Å². The normalized spacial score (nSPS) is 15.8. The molecule has 34 heavy (non-hydrogen) atoms. The van der Waals surface area contributed by atoms with Gasteiger partial charge in [-0.05, 0) is 18.2 Å². The summed E-state index contributed by atoms with van der Waals surface area (Å²) < 4.78 is 54.0. The Kier molecular flexibility index (Phi) is 6.06. The lowest BCUT2D eigenvalue weighted by Crippen LogP contribution is -2.47. The smallest absolute Gasteiger partial charge is 0.311 e. The molecule has 6 nitrogen and oxygen atoms in total. The molecule has 3 aromatic carbocycles. The average molecular weight is 470 g/mol. The van der Waals surface area contributed by atoms with E-state index in [0.29, 0.717) is 28.6 Å². The molecule has 174 valence electrons. The van der Waals surface area contributed by atoms with Crippen LogP contribution >= 0.6 is 0 Å². The van der Waals surface area contributed by atoms with Crippen LogP contribution in [0.5, 0.6) is 0 Å². The van der Waals surface area contributed by atoms with Crippen LogP contribution < -0.4 is 15.5 Å². The van der Waals surface area contributed by atoms with Gasteiger partial charge in [0.2, 0.25) is 6.17 Å². The second-order valence-electron chi connectivity index (χ2n) is 7.42. The minimum Gasteiger partial charge on any atom is -0.311 e. The van der Waals surface area contributed by atoms with Gasteiger partial charge in [-0.1, -0.05) is 54.6 Å². The molecule has 1 aliphatic heterocycles. The number of hydrogen-bond acceptors (Lipinski definition) is 3. The zero-order valence-corrected chi connectivity index (χ0v) is 17.7. The second kappa shape index (κ2) is 8.97. The molecular weight excluding hydrogens is 452 g/mol. The molecule has 4 rings (SSSR count). The minimum atomic E-state index is -4.90. The Morgan fingerprint density at radius 3 is 2.35 bits per heavy atom. The van der Waals surface area contributed by atoms with Gasteiger partial charge in [0.05, 0.1) is 22.6 Å². The molecular formula is C24H18F4N4O2. The standard InChI is InChI=1S/C24H18F4N4O2/c1-32-18-13-6-5-10-15(18)19(14-8-3-2-4-9-14)29-21(22(32)33)31-23(34)30-20-16(24(26,27)28)11-7-12-17(20)25/h2-13,21H,1H3,(H2,30,31,34)/t21-/m0/s1. The molecule has 10 heteroatoms. The van der Waals surface area contributed by atoms with Crippen LogP contribution in [0, 0.1) is 5.82 Å². The summed E-state index contributed by atoms with van der Waals surface area (Å²) in [6.45, 7) is 0. The molecule has 0 saturated heterocycles. The summed E-state index contributed by atoms with van der Waals surface area (Å²) in [4.78, 5) is 31.4. The van der Waals surface area contributed by atoms with Crippen molar-refractivity contribution in [1.82, 2.24) is 5.32 Å². The first-order valence-electron chi connectivity index (χ1n) is 10.1. The zero-order valence-electron chi connectivity index (χ0n) is 17.7. The highest BCUT2D eigenvalue weighted by molar-refractivity contribution is 6.20. The van der Waals surface area contributed by atoms with E-state index in [1.165, 1.54) is 11.9 Å². The van der Waals surface area contributed by atoms with E-state index in [0.717, 1.165) is 12.1 Å². The molecule has 3 amide bonds. The van der Waals surface area contributed by atoms with E-state index in [4.69, 9.17) is 0 Å². The molecule has 2 N–H and O–H groups in total.